The third-order valence-electron chi connectivity index (χ3n) is 2.20. The zero-order chi connectivity index (χ0) is 13.7. The molecule has 0 saturated carbocycles. The summed E-state index contributed by atoms with van der Waals surface area (Å²) in [5.74, 6) is -0.149. The number of furan rings is 1. The average Bonchev–Trinajstić information content (AvgIpc) is 2.89. The summed E-state index contributed by atoms with van der Waals surface area (Å²) in [7, 11) is 1.25. The van der Waals surface area contributed by atoms with Crippen molar-refractivity contribution in [1.29, 1.82) is 0 Å². The molecule has 1 aromatic heterocycles. The molecule has 0 aliphatic heterocycles. The van der Waals surface area contributed by atoms with Gasteiger partial charge in [0, 0.05) is 11.0 Å². The van der Waals surface area contributed by atoms with E-state index in [1.54, 1.807) is 24.3 Å². The Kier molecular flexibility index (Phi) is 3.70. The van der Waals surface area contributed by atoms with Crippen molar-refractivity contribution in [3.63, 3.8) is 0 Å². The molecule has 1 aromatic carbocycles. The van der Waals surface area contributed by atoms with Crippen LogP contribution in [0, 0.1) is 0 Å². The van der Waals surface area contributed by atoms with Gasteiger partial charge in [0.05, 0.1) is 12.8 Å². The molecule has 2 rings (SSSR count). The molecule has 2 aromatic rings. The highest BCUT2D eigenvalue weighted by atomic mass is 16.6. The van der Waals surface area contributed by atoms with Crippen LogP contribution in [0.4, 0.5) is 5.69 Å². The molecule has 1 heterocycles. The van der Waals surface area contributed by atoms with Crippen LogP contribution in [0.15, 0.2) is 45.9 Å². The highest BCUT2D eigenvalue weighted by molar-refractivity contribution is 5.86. The number of hydrogen-bond acceptors (Lipinski definition) is 5. The number of carbonyl (C=O) groups excluding carboxylic acids is 1. The quantitative estimate of drug-likeness (QED) is 0.361. The van der Waals surface area contributed by atoms with Gasteiger partial charge in [-0.15, -0.1) is 0 Å². The Morgan fingerprint density at radius 2 is 2.11 bits per heavy atom. The van der Waals surface area contributed by atoms with E-state index in [1.807, 2.05) is 0 Å². The van der Waals surface area contributed by atoms with E-state index in [0.717, 1.165) is 0 Å². The van der Waals surface area contributed by atoms with E-state index in [4.69, 9.17) is 14.7 Å². The molecule has 7 heteroatoms. The smallest absolute Gasteiger partial charge is 0.374 e. The topological polar surface area (TPSA) is 97.4 Å². The maximum absolute atomic E-state index is 11.2. The zero-order valence-electron chi connectivity index (χ0n) is 9.94. The van der Waals surface area contributed by atoms with Gasteiger partial charge in [-0.3, -0.25) is 0 Å². The first-order chi connectivity index (χ1) is 9.24. The van der Waals surface area contributed by atoms with Crippen LogP contribution in [0.5, 0.6) is 11.7 Å². The highest BCUT2D eigenvalue weighted by Crippen LogP contribution is 2.32. The van der Waals surface area contributed by atoms with Gasteiger partial charge in [-0.25, -0.2) is 4.79 Å². The maximum atomic E-state index is 11.2. The first kappa shape index (κ1) is 12.5. The van der Waals surface area contributed by atoms with Crippen molar-refractivity contribution in [2.24, 2.45) is 5.11 Å². The van der Waals surface area contributed by atoms with E-state index in [1.165, 1.54) is 19.2 Å². The van der Waals surface area contributed by atoms with Crippen LogP contribution in [-0.2, 0) is 4.74 Å². The zero-order valence-corrected chi connectivity index (χ0v) is 9.94. The Hall–Kier alpha value is -2.92. The summed E-state index contributed by atoms with van der Waals surface area (Å²) in [5.41, 5.74) is 8.76. The maximum Gasteiger partial charge on any atom is 0.374 e. The van der Waals surface area contributed by atoms with Gasteiger partial charge < -0.3 is 13.9 Å². The number of methoxy groups -OCH3 is 1. The largest absolute Gasteiger partial charge is 0.463 e. The fourth-order valence-electron chi connectivity index (χ4n) is 1.37. The van der Waals surface area contributed by atoms with Crippen LogP contribution < -0.4 is 4.74 Å². The van der Waals surface area contributed by atoms with Crippen molar-refractivity contribution >= 4 is 11.7 Å². The lowest BCUT2D eigenvalue weighted by atomic mass is 10.3. The van der Waals surface area contributed by atoms with Gasteiger partial charge in [0.25, 0.3) is 5.95 Å². The first-order valence-corrected chi connectivity index (χ1v) is 5.24. The van der Waals surface area contributed by atoms with Crippen LogP contribution in [-0.4, -0.2) is 13.1 Å². The molecule has 0 aliphatic carbocycles. The molecule has 0 radical (unpaired) electrons. The Bertz CT molecular complexity index is 644. The van der Waals surface area contributed by atoms with Crippen LogP contribution >= 0.6 is 0 Å². The summed E-state index contributed by atoms with van der Waals surface area (Å²) in [5, 5.41) is 3.48. The van der Waals surface area contributed by atoms with Crippen molar-refractivity contribution in [3.8, 4) is 11.7 Å². The SMILES string of the molecule is COC(=O)c1ccc(Oc2ccccc2N=[N+]=[N-])o1. The van der Waals surface area contributed by atoms with E-state index in [0.29, 0.717) is 11.4 Å². The summed E-state index contributed by atoms with van der Waals surface area (Å²) >= 11 is 0. The molecule has 0 spiro atoms. The number of carbonyl (C=O) groups is 1. The van der Waals surface area contributed by atoms with Gasteiger partial charge in [0.15, 0.2) is 0 Å². The minimum Gasteiger partial charge on any atom is -0.463 e. The fraction of sp³-hybridized carbons (Fsp3) is 0.0833. The number of ether oxygens (including phenoxy) is 2. The molecule has 19 heavy (non-hydrogen) atoms. The minimum atomic E-state index is -0.599. The average molecular weight is 259 g/mol. The lowest BCUT2D eigenvalue weighted by Gasteiger charge is -2.04. The van der Waals surface area contributed by atoms with Gasteiger partial charge in [-0.2, -0.15) is 0 Å². The van der Waals surface area contributed by atoms with Crippen molar-refractivity contribution in [2.75, 3.05) is 7.11 Å². The standard InChI is InChI=1S/C12H9N3O4/c1-17-12(16)10-6-7-11(19-10)18-9-5-3-2-4-8(9)14-15-13/h2-7H,1H3. The van der Waals surface area contributed by atoms with Crippen LogP contribution in [0.25, 0.3) is 10.4 Å². The molecule has 0 fully saturated rings. The van der Waals surface area contributed by atoms with Crippen molar-refractivity contribution in [3.05, 3.63) is 52.6 Å². The van der Waals surface area contributed by atoms with Crippen molar-refractivity contribution < 1.29 is 18.7 Å². The number of nitrogens with zero attached hydrogens (tertiary/aromatic N) is 3. The van der Waals surface area contributed by atoms with Gasteiger partial charge in [0.1, 0.15) is 5.75 Å². The molecule has 96 valence electrons. The summed E-state index contributed by atoms with van der Waals surface area (Å²) in [6.07, 6.45) is 0. The molecule has 0 unspecified atom stereocenters. The van der Waals surface area contributed by atoms with Crippen LogP contribution in [0.3, 0.4) is 0 Å². The number of hydrogen-bond donors (Lipinski definition) is 0. The van der Waals surface area contributed by atoms with E-state index in [2.05, 4.69) is 14.8 Å². The second-order valence-electron chi connectivity index (χ2n) is 3.37. The number of para-hydroxylation sites is 1. The van der Waals surface area contributed by atoms with E-state index in [9.17, 15) is 4.79 Å². The highest BCUT2D eigenvalue weighted by Gasteiger charge is 2.13. The second-order valence-corrected chi connectivity index (χ2v) is 3.37. The van der Waals surface area contributed by atoms with E-state index >= 15 is 0 Å². The third-order valence-corrected chi connectivity index (χ3v) is 2.20. The van der Waals surface area contributed by atoms with E-state index < -0.39 is 5.97 Å². The lowest BCUT2D eigenvalue weighted by Crippen LogP contribution is -1.98. The molecule has 0 bridgehead atoms. The molecule has 0 N–H and O–H groups in total. The number of benzene rings is 1. The predicted octanol–water partition coefficient (Wildman–Crippen LogP) is 3.80. The Morgan fingerprint density at radius 1 is 1.32 bits per heavy atom. The number of azide groups is 1. The van der Waals surface area contributed by atoms with Gasteiger partial charge >= 0.3 is 5.97 Å². The molecule has 0 saturated heterocycles. The molecule has 0 aliphatic rings. The summed E-state index contributed by atoms with van der Waals surface area (Å²) < 4.78 is 15.0. The van der Waals surface area contributed by atoms with Gasteiger partial charge in [0.2, 0.25) is 5.76 Å². The predicted molar refractivity (Wildman–Crippen MR) is 65.4 cm³/mol. The number of rotatable bonds is 4. The van der Waals surface area contributed by atoms with Gasteiger partial charge in [-0.1, -0.05) is 17.2 Å². The minimum absolute atomic E-state index is 0.0266. The third kappa shape index (κ3) is 2.85. The first-order valence-electron chi connectivity index (χ1n) is 5.24. The monoisotopic (exact) mass is 259 g/mol. The van der Waals surface area contributed by atoms with Gasteiger partial charge in [-0.05, 0) is 23.7 Å². The Labute approximate surface area is 108 Å². The summed E-state index contributed by atoms with van der Waals surface area (Å²) in [4.78, 5) is 13.9. The molecule has 7 nitrogen and oxygen atoms in total. The Morgan fingerprint density at radius 3 is 2.84 bits per heavy atom. The molecule has 0 atom stereocenters. The van der Waals surface area contributed by atoms with Crippen LogP contribution in [0.1, 0.15) is 10.6 Å². The Balaban J connectivity index is 2.24. The number of esters is 1. The van der Waals surface area contributed by atoms with Crippen molar-refractivity contribution in [2.45, 2.75) is 0 Å². The van der Waals surface area contributed by atoms with Crippen LogP contribution in [0.2, 0.25) is 0 Å². The normalized spacial score (nSPS) is 9.53. The molecular formula is C12H9N3O4. The fourth-order valence-corrected chi connectivity index (χ4v) is 1.37. The lowest BCUT2D eigenvalue weighted by molar-refractivity contribution is 0.0560. The molecular weight excluding hydrogens is 250 g/mol. The summed E-state index contributed by atoms with van der Waals surface area (Å²) in [6.45, 7) is 0. The summed E-state index contributed by atoms with van der Waals surface area (Å²) in [6, 6.07) is 9.54. The molecule has 0 amide bonds. The van der Waals surface area contributed by atoms with E-state index in [-0.39, 0.29) is 11.7 Å². The second kappa shape index (κ2) is 5.61. The van der Waals surface area contributed by atoms with Crippen molar-refractivity contribution in [1.82, 2.24) is 0 Å².